The van der Waals surface area contributed by atoms with Gasteiger partial charge in [-0.2, -0.15) is 0 Å². The first-order chi connectivity index (χ1) is 7.74. The third kappa shape index (κ3) is 4.94. The van der Waals surface area contributed by atoms with Crippen molar-refractivity contribution in [2.24, 2.45) is 0 Å². The molecule has 0 radical (unpaired) electrons. The molecular weight excluding hydrogens is 202 g/mol. The van der Waals surface area contributed by atoms with Crippen molar-refractivity contribution in [3.63, 3.8) is 0 Å². The van der Waals surface area contributed by atoms with E-state index in [1.165, 1.54) is 19.3 Å². The van der Waals surface area contributed by atoms with Gasteiger partial charge in [0.25, 0.3) is 0 Å². The maximum Gasteiger partial charge on any atom is 0.236 e. The van der Waals surface area contributed by atoms with Crippen LogP contribution < -0.4 is 5.32 Å². The normalized spacial score (nSPS) is 16.8. The number of piperidine rings is 1. The molecule has 0 unspecified atom stereocenters. The Bertz CT molecular complexity index is 202. The molecule has 0 atom stereocenters. The summed E-state index contributed by atoms with van der Waals surface area (Å²) in [7, 11) is 3.98. The molecule has 0 spiro atoms. The van der Waals surface area contributed by atoms with Crippen LogP contribution in [0.4, 0.5) is 0 Å². The number of hydrogen-bond acceptors (Lipinski definition) is 3. The van der Waals surface area contributed by atoms with Gasteiger partial charge in [0.15, 0.2) is 0 Å². The SMILES string of the molecule is CNCCCN(C)CC(=O)N1CCCCC1. The molecule has 1 aliphatic rings. The van der Waals surface area contributed by atoms with Gasteiger partial charge >= 0.3 is 0 Å². The predicted molar refractivity (Wildman–Crippen MR) is 66.5 cm³/mol. The monoisotopic (exact) mass is 227 g/mol. The lowest BCUT2D eigenvalue weighted by Crippen LogP contribution is -2.42. The van der Waals surface area contributed by atoms with Gasteiger partial charge in [0, 0.05) is 13.1 Å². The van der Waals surface area contributed by atoms with E-state index in [2.05, 4.69) is 10.2 Å². The molecule has 0 saturated carbocycles. The quantitative estimate of drug-likeness (QED) is 0.673. The number of nitrogens with one attached hydrogen (secondary N) is 1. The summed E-state index contributed by atoms with van der Waals surface area (Å²) in [5, 5.41) is 3.12. The maximum atomic E-state index is 11.9. The molecule has 4 heteroatoms. The molecule has 0 aromatic rings. The van der Waals surface area contributed by atoms with E-state index in [0.29, 0.717) is 12.5 Å². The second-order valence-corrected chi connectivity index (χ2v) is 4.64. The maximum absolute atomic E-state index is 11.9. The highest BCUT2D eigenvalue weighted by Gasteiger charge is 2.17. The molecule has 4 nitrogen and oxygen atoms in total. The van der Waals surface area contributed by atoms with E-state index in [1.807, 2.05) is 19.0 Å². The van der Waals surface area contributed by atoms with Crippen LogP contribution in [0, 0.1) is 0 Å². The lowest BCUT2D eigenvalue weighted by Gasteiger charge is -2.28. The van der Waals surface area contributed by atoms with Gasteiger partial charge in [0.2, 0.25) is 5.91 Å². The first-order valence-corrected chi connectivity index (χ1v) is 6.35. The fourth-order valence-electron chi connectivity index (χ4n) is 2.08. The number of rotatable bonds is 6. The van der Waals surface area contributed by atoms with Crippen molar-refractivity contribution in [1.82, 2.24) is 15.1 Å². The molecular formula is C12H25N3O. The number of nitrogens with zero attached hydrogens (tertiary/aromatic N) is 2. The van der Waals surface area contributed by atoms with Gasteiger partial charge in [-0.25, -0.2) is 0 Å². The minimum Gasteiger partial charge on any atom is -0.342 e. The Balaban J connectivity index is 2.16. The highest BCUT2D eigenvalue weighted by molar-refractivity contribution is 5.78. The molecule has 0 bridgehead atoms. The average Bonchev–Trinajstić information content (AvgIpc) is 2.30. The second kappa shape index (κ2) is 7.63. The molecule has 94 valence electrons. The molecule has 16 heavy (non-hydrogen) atoms. The Morgan fingerprint density at radius 2 is 2.00 bits per heavy atom. The van der Waals surface area contributed by atoms with Crippen molar-refractivity contribution in [3.8, 4) is 0 Å². The number of carbonyl (C=O) groups excluding carboxylic acids is 1. The summed E-state index contributed by atoms with van der Waals surface area (Å²) in [6.45, 7) is 4.50. The number of amides is 1. The van der Waals surface area contributed by atoms with Gasteiger partial charge in [0.05, 0.1) is 6.54 Å². The Kier molecular flexibility index (Phi) is 6.42. The van der Waals surface area contributed by atoms with E-state index in [-0.39, 0.29) is 0 Å². The molecule has 0 aromatic heterocycles. The van der Waals surface area contributed by atoms with Crippen LogP contribution in [-0.2, 0) is 4.79 Å². The van der Waals surface area contributed by atoms with E-state index < -0.39 is 0 Å². The summed E-state index contributed by atoms with van der Waals surface area (Å²) in [5.74, 6) is 0.298. The van der Waals surface area contributed by atoms with Crippen molar-refractivity contribution >= 4 is 5.91 Å². The van der Waals surface area contributed by atoms with Crippen molar-refractivity contribution < 1.29 is 4.79 Å². The van der Waals surface area contributed by atoms with Gasteiger partial charge < -0.3 is 10.2 Å². The minimum atomic E-state index is 0.298. The van der Waals surface area contributed by atoms with Crippen molar-refractivity contribution in [2.45, 2.75) is 25.7 Å². The van der Waals surface area contributed by atoms with Gasteiger partial charge in [-0.1, -0.05) is 0 Å². The van der Waals surface area contributed by atoms with E-state index in [9.17, 15) is 4.79 Å². The van der Waals surface area contributed by atoms with Crippen molar-refractivity contribution in [3.05, 3.63) is 0 Å². The Hall–Kier alpha value is -0.610. The van der Waals surface area contributed by atoms with Crippen molar-refractivity contribution in [2.75, 3.05) is 46.8 Å². The van der Waals surface area contributed by atoms with Gasteiger partial charge in [0.1, 0.15) is 0 Å². The minimum absolute atomic E-state index is 0.298. The summed E-state index contributed by atoms with van der Waals surface area (Å²) in [6.07, 6.45) is 4.73. The summed E-state index contributed by atoms with van der Waals surface area (Å²) in [5.41, 5.74) is 0. The van der Waals surface area contributed by atoms with Crippen LogP contribution in [0.15, 0.2) is 0 Å². The van der Waals surface area contributed by atoms with Crippen LogP contribution in [-0.4, -0.2) is 62.5 Å². The van der Waals surface area contributed by atoms with E-state index >= 15 is 0 Å². The third-order valence-electron chi connectivity index (χ3n) is 3.08. The number of likely N-dealkylation sites (N-methyl/N-ethyl adjacent to an activating group) is 1. The number of carbonyl (C=O) groups is 1. The topological polar surface area (TPSA) is 35.6 Å². The molecule has 0 aliphatic carbocycles. The zero-order valence-corrected chi connectivity index (χ0v) is 10.7. The largest absolute Gasteiger partial charge is 0.342 e. The fourth-order valence-corrected chi connectivity index (χ4v) is 2.08. The zero-order valence-electron chi connectivity index (χ0n) is 10.7. The summed E-state index contributed by atoms with van der Waals surface area (Å²) in [4.78, 5) is 16.0. The Labute approximate surface area is 99.0 Å². The van der Waals surface area contributed by atoms with Crippen LogP contribution >= 0.6 is 0 Å². The number of likely N-dealkylation sites (tertiary alicyclic amines) is 1. The lowest BCUT2D eigenvalue weighted by atomic mass is 10.1. The smallest absolute Gasteiger partial charge is 0.236 e. The molecule has 1 aliphatic heterocycles. The van der Waals surface area contributed by atoms with Crippen LogP contribution in [0.2, 0.25) is 0 Å². The standard InChI is InChI=1S/C12H25N3O/c1-13-7-6-8-14(2)11-12(16)15-9-4-3-5-10-15/h13H,3-11H2,1-2H3. The fraction of sp³-hybridized carbons (Fsp3) is 0.917. The Morgan fingerprint density at radius 3 is 2.62 bits per heavy atom. The lowest BCUT2D eigenvalue weighted by molar-refractivity contribution is -0.133. The van der Waals surface area contributed by atoms with Gasteiger partial charge in [-0.3, -0.25) is 9.69 Å². The number of hydrogen-bond donors (Lipinski definition) is 1. The molecule has 1 amide bonds. The summed E-state index contributed by atoms with van der Waals surface area (Å²) in [6, 6.07) is 0. The van der Waals surface area contributed by atoms with Crippen LogP contribution in [0.5, 0.6) is 0 Å². The summed E-state index contributed by atoms with van der Waals surface area (Å²) >= 11 is 0. The van der Waals surface area contributed by atoms with E-state index in [0.717, 1.165) is 32.6 Å². The predicted octanol–water partition coefficient (Wildman–Crippen LogP) is 0.540. The van der Waals surface area contributed by atoms with Gasteiger partial charge in [-0.05, 0) is 52.9 Å². The first kappa shape index (κ1) is 13.5. The van der Waals surface area contributed by atoms with Crippen molar-refractivity contribution in [1.29, 1.82) is 0 Å². The van der Waals surface area contributed by atoms with Crippen LogP contribution in [0.25, 0.3) is 0 Å². The third-order valence-corrected chi connectivity index (χ3v) is 3.08. The molecule has 1 saturated heterocycles. The average molecular weight is 227 g/mol. The van der Waals surface area contributed by atoms with Gasteiger partial charge in [-0.15, -0.1) is 0 Å². The molecule has 1 fully saturated rings. The van der Waals surface area contributed by atoms with Crippen LogP contribution in [0.3, 0.4) is 0 Å². The Morgan fingerprint density at radius 1 is 1.31 bits per heavy atom. The molecule has 0 aromatic carbocycles. The summed E-state index contributed by atoms with van der Waals surface area (Å²) < 4.78 is 0. The molecule has 1 N–H and O–H groups in total. The highest BCUT2D eigenvalue weighted by atomic mass is 16.2. The second-order valence-electron chi connectivity index (χ2n) is 4.64. The molecule has 1 heterocycles. The van der Waals surface area contributed by atoms with E-state index in [1.54, 1.807) is 0 Å². The highest BCUT2D eigenvalue weighted by Crippen LogP contribution is 2.08. The zero-order chi connectivity index (χ0) is 11.8. The van der Waals surface area contributed by atoms with Crippen LogP contribution in [0.1, 0.15) is 25.7 Å². The van der Waals surface area contributed by atoms with E-state index in [4.69, 9.17) is 0 Å². The first-order valence-electron chi connectivity index (χ1n) is 6.35. The molecule has 1 rings (SSSR count).